The molecule has 1 saturated heterocycles. The van der Waals surface area contributed by atoms with Crippen LogP contribution in [0.2, 0.25) is 0 Å². The predicted molar refractivity (Wildman–Crippen MR) is 91.2 cm³/mol. The molecular formula is C17H23N5O4. The number of rotatable bonds is 4. The fourth-order valence-electron chi connectivity index (χ4n) is 4.85. The second-order valence-electron chi connectivity index (χ2n) is 7.70. The molecule has 0 radical (unpaired) electrons. The molecule has 3 aliphatic rings. The Labute approximate surface area is 150 Å². The highest BCUT2D eigenvalue weighted by atomic mass is 16.6. The van der Waals surface area contributed by atoms with E-state index in [1.54, 1.807) is 4.57 Å². The first-order valence-electron chi connectivity index (χ1n) is 9.22. The lowest BCUT2D eigenvalue weighted by Gasteiger charge is -2.23. The summed E-state index contributed by atoms with van der Waals surface area (Å²) < 4.78 is 7.18. The van der Waals surface area contributed by atoms with Gasteiger partial charge in [0, 0.05) is 6.04 Å². The van der Waals surface area contributed by atoms with E-state index in [1.807, 2.05) is 0 Å². The second-order valence-corrected chi connectivity index (χ2v) is 7.70. The Bertz CT molecular complexity index is 814. The second kappa shape index (κ2) is 6.12. The molecule has 1 aliphatic heterocycles. The van der Waals surface area contributed by atoms with Gasteiger partial charge < -0.3 is 25.4 Å². The lowest BCUT2D eigenvalue weighted by molar-refractivity contribution is -0.0511. The van der Waals surface area contributed by atoms with Crippen molar-refractivity contribution in [1.29, 1.82) is 0 Å². The van der Waals surface area contributed by atoms with Crippen LogP contribution in [0.25, 0.3) is 11.2 Å². The quantitative estimate of drug-likeness (QED) is 0.601. The summed E-state index contributed by atoms with van der Waals surface area (Å²) in [5.41, 5.74) is 1.15. The number of aliphatic hydroxyl groups is 3. The number of ether oxygens (including phenoxy) is 1. The van der Waals surface area contributed by atoms with Crippen LogP contribution in [0.3, 0.4) is 0 Å². The van der Waals surface area contributed by atoms with Crippen LogP contribution in [-0.4, -0.2) is 65.8 Å². The zero-order valence-electron chi connectivity index (χ0n) is 14.3. The molecule has 0 amide bonds. The highest BCUT2D eigenvalue weighted by Crippen LogP contribution is 2.45. The van der Waals surface area contributed by atoms with Gasteiger partial charge in [0.2, 0.25) is 0 Å². The summed E-state index contributed by atoms with van der Waals surface area (Å²) in [6, 6.07) is 0.422. The number of nitrogens with zero attached hydrogens (tertiary/aromatic N) is 4. The molecule has 2 unspecified atom stereocenters. The van der Waals surface area contributed by atoms with Gasteiger partial charge in [-0.15, -0.1) is 0 Å². The van der Waals surface area contributed by atoms with Crippen molar-refractivity contribution in [3.63, 3.8) is 0 Å². The van der Waals surface area contributed by atoms with Crippen LogP contribution in [0.15, 0.2) is 12.7 Å². The number of fused-ring (bicyclic) bond motifs is 3. The van der Waals surface area contributed by atoms with Crippen LogP contribution in [0.4, 0.5) is 5.82 Å². The molecule has 0 spiro atoms. The van der Waals surface area contributed by atoms with Gasteiger partial charge >= 0.3 is 0 Å². The fourth-order valence-corrected chi connectivity index (χ4v) is 4.85. The van der Waals surface area contributed by atoms with E-state index in [4.69, 9.17) is 4.74 Å². The van der Waals surface area contributed by atoms with Crippen LogP contribution in [0.1, 0.15) is 31.9 Å². The van der Waals surface area contributed by atoms with Gasteiger partial charge in [0.1, 0.15) is 24.6 Å². The Kier molecular flexibility index (Phi) is 3.85. The number of hydrogen-bond acceptors (Lipinski definition) is 8. The van der Waals surface area contributed by atoms with E-state index >= 15 is 0 Å². The van der Waals surface area contributed by atoms with Crippen LogP contribution < -0.4 is 5.32 Å². The van der Waals surface area contributed by atoms with Gasteiger partial charge in [0.15, 0.2) is 23.2 Å². The minimum atomic E-state index is -1.17. The third-order valence-corrected chi connectivity index (χ3v) is 6.21. The van der Waals surface area contributed by atoms with E-state index in [9.17, 15) is 15.3 Å². The van der Waals surface area contributed by atoms with Crippen LogP contribution in [-0.2, 0) is 4.74 Å². The van der Waals surface area contributed by atoms with Gasteiger partial charge in [0.25, 0.3) is 0 Å². The Morgan fingerprint density at radius 1 is 1.15 bits per heavy atom. The van der Waals surface area contributed by atoms with Crippen molar-refractivity contribution in [3.05, 3.63) is 12.7 Å². The molecule has 2 aliphatic carbocycles. The molecule has 140 valence electrons. The van der Waals surface area contributed by atoms with Crippen molar-refractivity contribution in [2.45, 2.75) is 56.3 Å². The summed E-state index contributed by atoms with van der Waals surface area (Å²) in [6.45, 7) is -0.368. The average Bonchev–Trinajstić information content (AvgIpc) is 3.41. The largest absolute Gasteiger partial charge is 0.394 e. The zero-order valence-corrected chi connectivity index (χ0v) is 14.3. The Morgan fingerprint density at radius 2 is 2.04 bits per heavy atom. The van der Waals surface area contributed by atoms with Crippen molar-refractivity contribution in [2.24, 2.45) is 11.8 Å². The third kappa shape index (κ3) is 2.42. The molecule has 2 bridgehead atoms. The number of anilines is 1. The molecule has 0 aromatic carbocycles. The molecule has 2 aromatic rings. The van der Waals surface area contributed by atoms with E-state index in [2.05, 4.69) is 20.3 Å². The first-order chi connectivity index (χ1) is 12.7. The Hall–Kier alpha value is -1.81. The van der Waals surface area contributed by atoms with Crippen LogP contribution >= 0.6 is 0 Å². The van der Waals surface area contributed by atoms with E-state index in [0.29, 0.717) is 28.9 Å². The summed E-state index contributed by atoms with van der Waals surface area (Å²) in [6.07, 6.45) is 4.07. The van der Waals surface area contributed by atoms with E-state index in [1.165, 1.54) is 38.3 Å². The lowest BCUT2D eigenvalue weighted by atomic mass is 9.95. The maximum Gasteiger partial charge on any atom is 0.167 e. The van der Waals surface area contributed by atoms with Gasteiger partial charge in [-0.2, -0.15) is 0 Å². The Morgan fingerprint density at radius 3 is 2.73 bits per heavy atom. The number of nitrogens with one attached hydrogen (secondary N) is 1. The SMILES string of the molecule is OC[C@@H]1O[C@H](n2cnc3c(N[C@@H]4CC5CCC4C5)ncnc32)[C@@H](O)[C@H]1O. The van der Waals surface area contributed by atoms with Crippen LogP contribution in [0.5, 0.6) is 0 Å². The molecular weight excluding hydrogens is 338 g/mol. The predicted octanol–water partition coefficient (Wildman–Crippen LogP) is 0.0383. The maximum absolute atomic E-state index is 10.3. The van der Waals surface area contributed by atoms with Crippen LogP contribution in [0, 0.1) is 11.8 Å². The number of hydrogen-bond donors (Lipinski definition) is 4. The van der Waals surface area contributed by atoms with Gasteiger partial charge in [-0.25, -0.2) is 15.0 Å². The third-order valence-electron chi connectivity index (χ3n) is 6.21. The molecule has 9 nitrogen and oxygen atoms in total. The average molecular weight is 361 g/mol. The molecule has 4 N–H and O–H groups in total. The maximum atomic E-state index is 10.3. The van der Waals surface area contributed by atoms with Gasteiger partial charge in [0.05, 0.1) is 12.9 Å². The van der Waals surface area contributed by atoms with Crippen molar-refractivity contribution in [1.82, 2.24) is 19.5 Å². The smallest absolute Gasteiger partial charge is 0.167 e. The molecule has 26 heavy (non-hydrogen) atoms. The van der Waals surface area contributed by atoms with E-state index in [0.717, 1.165) is 5.92 Å². The molecule has 2 aromatic heterocycles. The van der Waals surface area contributed by atoms with Gasteiger partial charge in [-0.1, -0.05) is 6.42 Å². The van der Waals surface area contributed by atoms with E-state index in [-0.39, 0.29) is 6.61 Å². The summed E-state index contributed by atoms with van der Waals surface area (Å²) in [7, 11) is 0. The molecule has 9 heteroatoms. The number of imidazole rings is 1. The highest BCUT2D eigenvalue weighted by Gasteiger charge is 2.44. The van der Waals surface area contributed by atoms with Gasteiger partial charge in [-0.05, 0) is 31.1 Å². The monoisotopic (exact) mass is 361 g/mol. The highest BCUT2D eigenvalue weighted by molar-refractivity contribution is 5.82. The number of aromatic nitrogens is 4. The summed E-state index contributed by atoms with van der Waals surface area (Å²) in [4.78, 5) is 13.1. The molecule has 3 fully saturated rings. The first kappa shape index (κ1) is 16.4. The van der Waals surface area contributed by atoms with Crippen molar-refractivity contribution in [2.75, 3.05) is 11.9 Å². The molecule has 3 heterocycles. The lowest BCUT2D eigenvalue weighted by Crippen LogP contribution is -2.33. The van der Waals surface area contributed by atoms with Crippen molar-refractivity contribution >= 4 is 17.0 Å². The minimum Gasteiger partial charge on any atom is -0.394 e. The van der Waals surface area contributed by atoms with Crippen molar-refractivity contribution < 1.29 is 20.1 Å². The van der Waals surface area contributed by atoms with Gasteiger partial charge in [-0.3, -0.25) is 4.57 Å². The molecule has 5 rings (SSSR count). The normalized spacial score (nSPS) is 39.1. The summed E-state index contributed by atoms with van der Waals surface area (Å²) >= 11 is 0. The molecule has 2 saturated carbocycles. The minimum absolute atomic E-state index is 0.368. The topological polar surface area (TPSA) is 126 Å². The Balaban J connectivity index is 1.44. The number of aliphatic hydroxyl groups excluding tert-OH is 3. The zero-order chi connectivity index (χ0) is 17.8. The van der Waals surface area contributed by atoms with Crippen molar-refractivity contribution in [3.8, 4) is 0 Å². The first-order valence-corrected chi connectivity index (χ1v) is 9.22. The fraction of sp³-hybridized carbons (Fsp3) is 0.706. The standard InChI is InChI=1S/C17H23N5O4/c23-5-11-13(24)14(25)17(26-11)22-7-20-12-15(18-6-19-16(12)22)21-10-4-8-1-2-9(10)3-8/h6-11,13-14,17,23-25H,1-5H2,(H,18,19,21)/t8?,9?,10-,11+,13+,14+,17+/m1/s1. The summed E-state index contributed by atoms with van der Waals surface area (Å²) in [5, 5.41) is 33.1. The summed E-state index contributed by atoms with van der Waals surface area (Å²) in [5.74, 6) is 2.22. The van der Waals surface area contributed by atoms with E-state index < -0.39 is 24.5 Å². The molecule has 7 atom stereocenters.